The van der Waals surface area contributed by atoms with Crippen LogP contribution in [0.3, 0.4) is 0 Å². The van der Waals surface area contributed by atoms with Crippen molar-refractivity contribution in [1.82, 2.24) is 0 Å². The monoisotopic (exact) mass is 246 g/mol. The second-order valence-electron chi connectivity index (χ2n) is 3.61. The van der Waals surface area contributed by atoms with Crippen molar-refractivity contribution < 1.29 is 22.7 Å². The van der Waals surface area contributed by atoms with Crippen LogP contribution in [0.25, 0.3) is 0 Å². The fourth-order valence-corrected chi connectivity index (χ4v) is 1.22. The van der Waals surface area contributed by atoms with Gasteiger partial charge in [0.15, 0.2) is 11.9 Å². The van der Waals surface area contributed by atoms with E-state index < -0.39 is 12.3 Å². The van der Waals surface area contributed by atoms with Gasteiger partial charge in [0.1, 0.15) is 5.75 Å². The van der Waals surface area contributed by atoms with Gasteiger partial charge in [-0.05, 0) is 19.1 Å². The molecule has 17 heavy (non-hydrogen) atoms. The molecule has 0 aromatic heterocycles. The molecular weight excluding hydrogens is 233 g/mol. The number of Topliss-reactive ketones (excluding diaryl/α,β-unsaturated/α-hetero) is 1. The number of ketones is 1. The van der Waals surface area contributed by atoms with Crippen LogP contribution in [-0.4, -0.2) is 18.1 Å². The Labute approximate surface area is 97.4 Å². The normalized spacial score (nSPS) is 13.2. The van der Waals surface area contributed by atoms with Crippen LogP contribution in [0.1, 0.15) is 30.6 Å². The number of halogens is 3. The fourth-order valence-electron chi connectivity index (χ4n) is 1.22. The standard InChI is InChI=1S/C12H13F3O2/c1-3-11(16)9-5-4-6-10(7-9)17-8(2)12(13,14)15/h4-8H,3H2,1-2H3. The van der Waals surface area contributed by atoms with E-state index in [0.717, 1.165) is 6.92 Å². The highest BCUT2D eigenvalue weighted by Gasteiger charge is 2.38. The Morgan fingerprint density at radius 1 is 1.41 bits per heavy atom. The third-order valence-corrected chi connectivity index (χ3v) is 2.25. The third-order valence-electron chi connectivity index (χ3n) is 2.25. The minimum absolute atomic E-state index is 0.0501. The number of hydrogen-bond donors (Lipinski definition) is 0. The molecule has 0 saturated heterocycles. The first-order valence-corrected chi connectivity index (χ1v) is 5.21. The second-order valence-corrected chi connectivity index (χ2v) is 3.61. The van der Waals surface area contributed by atoms with Gasteiger partial charge in [-0.1, -0.05) is 19.1 Å². The minimum atomic E-state index is -4.41. The molecule has 1 unspecified atom stereocenters. The Hall–Kier alpha value is -1.52. The number of rotatable bonds is 4. The number of hydrogen-bond acceptors (Lipinski definition) is 2. The van der Waals surface area contributed by atoms with Crippen LogP contribution < -0.4 is 4.74 Å². The van der Waals surface area contributed by atoms with E-state index in [-0.39, 0.29) is 11.5 Å². The summed E-state index contributed by atoms with van der Waals surface area (Å²) in [5.41, 5.74) is 0.361. The van der Waals surface area contributed by atoms with Crippen molar-refractivity contribution in [2.75, 3.05) is 0 Å². The van der Waals surface area contributed by atoms with Crippen molar-refractivity contribution in [2.24, 2.45) is 0 Å². The molecule has 0 bridgehead atoms. The van der Waals surface area contributed by atoms with E-state index in [0.29, 0.717) is 12.0 Å². The van der Waals surface area contributed by atoms with E-state index in [1.54, 1.807) is 13.0 Å². The van der Waals surface area contributed by atoms with Gasteiger partial charge in [0, 0.05) is 12.0 Å². The van der Waals surface area contributed by atoms with Gasteiger partial charge in [0.25, 0.3) is 0 Å². The zero-order chi connectivity index (χ0) is 13.1. The molecule has 1 aromatic rings. The smallest absolute Gasteiger partial charge is 0.425 e. The number of alkyl halides is 3. The minimum Gasteiger partial charge on any atom is -0.481 e. The molecule has 0 fully saturated rings. The van der Waals surface area contributed by atoms with Crippen LogP contribution in [0.5, 0.6) is 5.75 Å². The number of carbonyl (C=O) groups is 1. The molecule has 5 heteroatoms. The van der Waals surface area contributed by atoms with Gasteiger partial charge in [0.2, 0.25) is 0 Å². The summed E-state index contributed by atoms with van der Waals surface area (Å²) in [6, 6.07) is 5.78. The van der Waals surface area contributed by atoms with Gasteiger partial charge >= 0.3 is 6.18 Å². The fraction of sp³-hybridized carbons (Fsp3) is 0.417. The highest BCUT2D eigenvalue weighted by Crippen LogP contribution is 2.25. The SMILES string of the molecule is CCC(=O)c1cccc(OC(C)C(F)(F)F)c1. The lowest BCUT2D eigenvalue weighted by atomic mass is 10.1. The lowest BCUT2D eigenvalue weighted by Crippen LogP contribution is -2.31. The first-order valence-electron chi connectivity index (χ1n) is 5.21. The molecule has 0 amide bonds. The van der Waals surface area contributed by atoms with Crippen LogP contribution in [-0.2, 0) is 0 Å². The van der Waals surface area contributed by atoms with Gasteiger partial charge in [-0.25, -0.2) is 0 Å². The van der Waals surface area contributed by atoms with Crippen molar-refractivity contribution in [1.29, 1.82) is 0 Å². The third kappa shape index (κ3) is 3.76. The van der Waals surface area contributed by atoms with Gasteiger partial charge in [0.05, 0.1) is 0 Å². The lowest BCUT2D eigenvalue weighted by molar-refractivity contribution is -0.189. The van der Waals surface area contributed by atoms with E-state index in [2.05, 4.69) is 0 Å². The lowest BCUT2D eigenvalue weighted by Gasteiger charge is -2.17. The molecule has 0 heterocycles. The van der Waals surface area contributed by atoms with Crippen molar-refractivity contribution in [3.63, 3.8) is 0 Å². The van der Waals surface area contributed by atoms with E-state index in [1.165, 1.54) is 18.2 Å². The van der Waals surface area contributed by atoms with Crippen molar-refractivity contribution in [3.05, 3.63) is 29.8 Å². The summed E-state index contributed by atoms with van der Waals surface area (Å²) < 4.78 is 41.5. The van der Waals surface area contributed by atoms with E-state index in [1.807, 2.05) is 0 Å². The Kier molecular flexibility index (Phi) is 4.15. The van der Waals surface area contributed by atoms with Crippen LogP contribution >= 0.6 is 0 Å². The van der Waals surface area contributed by atoms with Crippen LogP contribution in [0, 0.1) is 0 Å². The largest absolute Gasteiger partial charge is 0.481 e. The predicted molar refractivity (Wildman–Crippen MR) is 57.2 cm³/mol. The van der Waals surface area contributed by atoms with Crippen molar-refractivity contribution >= 4 is 5.78 Å². The average molecular weight is 246 g/mol. The summed E-state index contributed by atoms with van der Waals surface area (Å²) in [6.45, 7) is 2.61. The maximum Gasteiger partial charge on any atom is 0.425 e. The first-order chi connectivity index (χ1) is 7.84. The van der Waals surface area contributed by atoms with Gasteiger partial charge in [-0.2, -0.15) is 13.2 Å². The Morgan fingerprint density at radius 3 is 2.59 bits per heavy atom. The molecule has 1 atom stereocenters. The molecule has 0 aliphatic heterocycles. The summed E-state index contributed by atoms with van der Waals surface area (Å²) >= 11 is 0. The molecule has 0 spiro atoms. The highest BCUT2D eigenvalue weighted by molar-refractivity contribution is 5.96. The topological polar surface area (TPSA) is 26.3 Å². The number of carbonyl (C=O) groups excluding carboxylic acids is 1. The summed E-state index contributed by atoms with van der Waals surface area (Å²) in [7, 11) is 0. The Balaban J connectivity index is 2.83. The molecule has 0 radical (unpaired) electrons. The second kappa shape index (κ2) is 5.21. The summed E-state index contributed by atoms with van der Waals surface area (Å²) in [5.74, 6) is -0.0794. The van der Waals surface area contributed by atoms with E-state index in [9.17, 15) is 18.0 Å². The molecule has 1 rings (SSSR count). The zero-order valence-corrected chi connectivity index (χ0v) is 9.54. The zero-order valence-electron chi connectivity index (χ0n) is 9.54. The van der Waals surface area contributed by atoms with E-state index >= 15 is 0 Å². The predicted octanol–water partition coefficient (Wildman–Crippen LogP) is 3.61. The molecule has 0 aliphatic rings. The van der Waals surface area contributed by atoms with Crippen molar-refractivity contribution in [3.8, 4) is 5.75 Å². The van der Waals surface area contributed by atoms with Crippen LogP contribution in [0.4, 0.5) is 13.2 Å². The molecule has 2 nitrogen and oxygen atoms in total. The van der Waals surface area contributed by atoms with Gasteiger partial charge in [-0.15, -0.1) is 0 Å². The molecule has 1 aromatic carbocycles. The molecule has 0 aliphatic carbocycles. The molecule has 94 valence electrons. The summed E-state index contributed by atoms with van der Waals surface area (Å²) in [6.07, 6.45) is -6.00. The number of benzene rings is 1. The quantitative estimate of drug-likeness (QED) is 0.758. The van der Waals surface area contributed by atoms with Gasteiger partial charge in [-0.3, -0.25) is 4.79 Å². The van der Waals surface area contributed by atoms with E-state index in [4.69, 9.17) is 4.74 Å². The van der Waals surface area contributed by atoms with Crippen LogP contribution in [0.15, 0.2) is 24.3 Å². The molecule has 0 saturated carbocycles. The maximum atomic E-state index is 12.3. The average Bonchev–Trinajstić information content (AvgIpc) is 2.27. The van der Waals surface area contributed by atoms with Crippen molar-refractivity contribution in [2.45, 2.75) is 32.5 Å². The highest BCUT2D eigenvalue weighted by atomic mass is 19.4. The maximum absolute atomic E-state index is 12.3. The Bertz CT molecular complexity index is 399. The van der Waals surface area contributed by atoms with Crippen LogP contribution in [0.2, 0.25) is 0 Å². The van der Waals surface area contributed by atoms with Gasteiger partial charge < -0.3 is 4.74 Å². The molecule has 0 N–H and O–H groups in total. The summed E-state index contributed by atoms with van der Waals surface area (Å²) in [5, 5.41) is 0. The first kappa shape index (κ1) is 13.5. The Morgan fingerprint density at radius 2 is 2.06 bits per heavy atom. The summed E-state index contributed by atoms with van der Waals surface area (Å²) in [4.78, 5) is 11.4. The molecular formula is C12H13F3O2. The number of ether oxygens (including phenoxy) is 1.